The number of nitrogens with one attached hydrogen (secondary N) is 2. The van der Waals surface area contributed by atoms with Crippen molar-refractivity contribution < 1.29 is 10.2 Å². The highest BCUT2D eigenvalue weighted by atomic mass is 32.1. The standard InChI is InChI=1S/C11H12N2O2S/c1-2-6-3-7(10(15)4-9(6)14)8-5-12-11(16)13-8/h3-5,14-15H,2H2,1H3,(H2,12,13,16). The predicted molar refractivity (Wildman–Crippen MR) is 64.1 cm³/mol. The van der Waals surface area contributed by atoms with Crippen LogP contribution < -0.4 is 0 Å². The fraction of sp³-hybridized carbons (Fsp3) is 0.182. The molecule has 0 radical (unpaired) electrons. The van der Waals surface area contributed by atoms with Gasteiger partial charge in [-0.3, -0.25) is 0 Å². The van der Waals surface area contributed by atoms with E-state index < -0.39 is 0 Å². The summed E-state index contributed by atoms with van der Waals surface area (Å²) < 4.78 is 0.500. The summed E-state index contributed by atoms with van der Waals surface area (Å²) in [5.74, 6) is 0.137. The van der Waals surface area contributed by atoms with Crippen molar-refractivity contribution in [3.8, 4) is 22.8 Å². The van der Waals surface area contributed by atoms with Gasteiger partial charge in [0.25, 0.3) is 0 Å². The summed E-state index contributed by atoms with van der Waals surface area (Å²) in [4.78, 5) is 5.75. The second-order valence-electron chi connectivity index (χ2n) is 3.51. The molecule has 1 heterocycles. The van der Waals surface area contributed by atoms with Crippen molar-refractivity contribution in [2.75, 3.05) is 0 Å². The molecule has 4 nitrogen and oxygen atoms in total. The van der Waals surface area contributed by atoms with Crippen LogP contribution in [0.2, 0.25) is 0 Å². The molecule has 0 saturated carbocycles. The van der Waals surface area contributed by atoms with E-state index in [9.17, 15) is 10.2 Å². The Bertz CT molecular complexity index is 572. The fourth-order valence-corrected chi connectivity index (χ4v) is 1.77. The summed E-state index contributed by atoms with van der Waals surface area (Å²) in [5.41, 5.74) is 2.12. The van der Waals surface area contributed by atoms with Crippen LogP contribution in [-0.4, -0.2) is 20.2 Å². The first-order chi connectivity index (χ1) is 7.61. The van der Waals surface area contributed by atoms with Gasteiger partial charge in [-0.15, -0.1) is 0 Å². The van der Waals surface area contributed by atoms with Crippen molar-refractivity contribution >= 4 is 12.2 Å². The summed E-state index contributed by atoms with van der Waals surface area (Å²) in [6.45, 7) is 1.94. The van der Waals surface area contributed by atoms with Gasteiger partial charge in [-0.05, 0) is 30.3 Å². The number of H-pyrrole nitrogens is 2. The SMILES string of the molecule is CCc1cc(-c2c[nH]c(=S)[nH]2)c(O)cc1O. The average Bonchev–Trinajstić information content (AvgIpc) is 2.65. The third-order valence-corrected chi connectivity index (χ3v) is 2.68. The number of rotatable bonds is 2. The van der Waals surface area contributed by atoms with Crippen molar-refractivity contribution in [1.82, 2.24) is 9.97 Å². The Morgan fingerprint density at radius 3 is 2.56 bits per heavy atom. The largest absolute Gasteiger partial charge is 0.508 e. The molecule has 16 heavy (non-hydrogen) atoms. The second-order valence-corrected chi connectivity index (χ2v) is 3.92. The van der Waals surface area contributed by atoms with E-state index in [-0.39, 0.29) is 11.5 Å². The maximum Gasteiger partial charge on any atom is 0.174 e. The first-order valence-electron chi connectivity index (χ1n) is 4.94. The molecule has 0 amide bonds. The number of hydrogen-bond acceptors (Lipinski definition) is 3. The lowest BCUT2D eigenvalue weighted by atomic mass is 10.0. The van der Waals surface area contributed by atoms with Crippen LogP contribution in [0.25, 0.3) is 11.3 Å². The van der Waals surface area contributed by atoms with Gasteiger partial charge in [0.2, 0.25) is 0 Å². The third-order valence-electron chi connectivity index (χ3n) is 2.46. The van der Waals surface area contributed by atoms with Crippen molar-refractivity contribution in [1.29, 1.82) is 0 Å². The topological polar surface area (TPSA) is 72.0 Å². The monoisotopic (exact) mass is 236 g/mol. The zero-order valence-electron chi connectivity index (χ0n) is 8.74. The number of imidazole rings is 1. The first-order valence-corrected chi connectivity index (χ1v) is 5.35. The Morgan fingerprint density at radius 1 is 1.25 bits per heavy atom. The molecule has 4 N–H and O–H groups in total. The number of phenolic OH excluding ortho intramolecular Hbond substituents is 2. The van der Waals surface area contributed by atoms with Crippen LogP contribution in [0.5, 0.6) is 11.5 Å². The molecule has 0 saturated heterocycles. The third kappa shape index (κ3) is 1.81. The van der Waals surface area contributed by atoms with Crippen LogP contribution in [0.4, 0.5) is 0 Å². The maximum absolute atomic E-state index is 9.75. The van der Waals surface area contributed by atoms with Gasteiger partial charge in [-0.1, -0.05) is 6.92 Å². The smallest absolute Gasteiger partial charge is 0.174 e. The molecule has 1 aromatic carbocycles. The van der Waals surface area contributed by atoms with Crippen LogP contribution in [0.1, 0.15) is 12.5 Å². The minimum Gasteiger partial charge on any atom is -0.508 e. The molecule has 0 aliphatic heterocycles. The molecule has 1 aromatic heterocycles. The van der Waals surface area contributed by atoms with E-state index in [2.05, 4.69) is 9.97 Å². The van der Waals surface area contributed by atoms with E-state index in [1.165, 1.54) is 6.07 Å². The number of hydrogen-bond donors (Lipinski definition) is 4. The van der Waals surface area contributed by atoms with Crippen LogP contribution >= 0.6 is 12.2 Å². The van der Waals surface area contributed by atoms with Gasteiger partial charge < -0.3 is 20.2 Å². The quantitative estimate of drug-likeness (QED) is 0.606. The van der Waals surface area contributed by atoms with Gasteiger partial charge in [-0.2, -0.15) is 0 Å². The van der Waals surface area contributed by atoms with Crippen molar-refractivity contribution in [2.45, 2.75) is 13.3 Å². The lowest BCUT2D eigenvalue weighted by molar-refractivity contribution is 0.447. The Labute approximate surface area is 97.6 Å². The fourth-order valence-electron chi connectivity index (χ4n) is 1.60. The summed E-state index contributed by atoms with van der Waals surface area (Å²) in [6, 6.07) is 3.09. The number of aryl methyl sites for hydroxylation is 1. The lowest BCUT2D eigenvalue weighted by Crippen LogP contribution is -1.86. The van der Waals surface area contributed by atoms with Crippen LogP contribution in [0.15, 0.2) is 18.3 Å². The number of benzene rings is 1. The van der Waals surface area contributed by atoms with E-state index in [1.807, 2.05) is 6.92 Å². The average molecular weight is 236 g/mol. The summed E-state index contributed by atoms with van der Waals surface area (Å²) in [6.07, 6.45) is 2.39. The van der Waals surface area contributed by atoms with E-state index in [0.29, 0.717) is 22.4 Å². The summed E-state index contributed by atoms with van der Waals surface area (Å²) >= 11 is 4.92. The van der Waals surface area contributed by atoms with Crippen molar-refractivity contribution in [3.05, 3.63) is 28.7 Å². The number of aromatic amines is 2. The highest BCUT2D eigenvalue weighted by Gasteiger charge is 2.10. The number of aromatic hydroxyl groups is 2. The first kappa shape index (κ1) is 10.8. The minimum absolute atomic E-state index is 0.0277. The zero-order valence-corrected chi connectivity index (χ0v) is 9.56. The van der Waals surface area contributed by atoms with Gasteiger partial charge in [-0.25, -0.2) is 0 Å². The van der Waals surface area contributed by atoms with Crippen molar-refractivity contribution in [2.24, 2.45) is 0 Å². The normalized spacial score (nSPS) is 10.6. The van der Waals surface area contributed by atoms with E-state index in [1.54, 1.807) is 12.3 Å². The molecule has 0 aliphatic rings. The van der Waals surface area contributed by atoms with Gasteiger partial charge >= 0.3 is 0 Å². The number of aromatic nitrogens is 2. The Morgan fingerprint density at radius 2 is 2.00 bits per heavy atom. The summed E-state index contributed by atoms with van der Waals surface area (Å²) in [5, 5.41) is 19.3. The molecule has 0 atom stereocenters. The molecule has 0 unspecified atom stereocenters. The van der Waals surface area contributed by atoms with Gasteiger partial charge in [0.15, 0.2) is 4.77 Å². The van der Waals surface area contributed by atoms with Crippen LogP contribution in [0, 0.1) is 4.77 Å². The van der Waals surface area contributed by atoms with E-state index in [0.717, 1.165) is 5.56 Å². The maximum atomic E-state index is 9.75. The minimum atomic E-state index is 0.0277. The highest BCUT2D eigenvalue weighted by molar-refractivity contribution is 7.71. The molecular weight excluding hydrogens is 224 g/mol. The number of phenols is 2. The highest BCUT2D eigenvalue weighted by Crippen LogP contribution is 2.33. The van der Waals surface area contributed by atoms with Gasteiger partial charge in [0.1, 0.15) is 11.5 Å². The van der Waals surface area contributed by atoms with E-state index >= 15 is 0 Å². The Balaban J connectivity index is 2.60. The van der Waals surface area contributed by atoms with Crippen LogP contribution in [-0.2, 0) is 6.42 Å². The Kier molecular flexibility index (Phi) is 2.70. The lowest BCUT2D eigenvalue weighted by Gasteiger charge is -2.07. The molecular formula is C11H12N2O2S. The molecule has 84 valence electrons. The molecule has 5 heteroatoms. The van der Waals surface area contributed by atoms with Crippen molar-refractivity contribution in [3.63, 3.8) is 0 Å². The van der Waals surface area contributed by atoms with Gasteiger partial charge in [0.05, 0.1) is 5.69 Å². The zero-order chi connectivity index (χ0) is 11.7. The second kappa shape index (κ2) is 4.02. The molecule has 0 aliphatic carbocycles. The molecule has 0 fully saturated rings. The van der Waals surface area contributed by atoms with E-state index in [4.69, 9.17) is 12.2 Å². The molecule has 0 bridgehead atoms. The Hall–Kier alpha value is -1.75. The van der Waals surface area contributed by atoms with Crippen LogP contribution in [0.3, 0.4) is 0 Å². The predicted octanol–water partition coefficient (Wildman–Crippen LogP) is 2.71. The molecule has 0 spiro atoms. The summed E-state index contributed by atoms with van der Waals surface area (Å²) in [7, 11) is 0. The molecule has 2 aromatic rings. The van der Waals surface area contributed by atoms with Gasteiger partial charge in [0, 0.05) is 17.8 Å². The molecule has 2 rings (SSSR count).